The summed E-state index contributed by atoms with van der Waals surface area (Å²) in [6.45, 7) is 15.1. The van der Waals surface area contributed by atoms with E-state index >= 15 is 0 Å². The standard InChI is InChI=1S/C16H11N2.C15H9N2.3C4H10.2Ir/c1-11-10-18-15-9-5-4-7-13(15)12-6-2-3-8-14(12)16(18)17-11;1-2-7-13-11(5-1)12-6-3-4-8-14(12)17-10-9-16-15(13)17;3*1-3-4-2;;/h2-7,9-10H,1H3;1-6,8-10H;3*3-4H2,1-2H3;;/q2*-1;;;;;. The number of unbranched alkanes of at least 4 members (excludes halogenated alkanes) is 3. The van der Waals surface area contributed by atoms with E-state index in [4.69, 9.17) is 0 Å². The third kappa shape index (κ3) is 10.1. The third-order valence-electron chi connectivity index (χ3n) is 8.03. The van der Waals surface area contributed by atoms with Gasteiger partial charge in [-0.05, 0) is 29.8 Å². The predicted octanol–water partition coefficient (Wildman–Crippen LogP) is 12.6. The quantitative estimate of drug-likeness (QED) is 0.131. The number of imidazole rings is 2. The van der Waals surface area contributed by atoms with Gasteiger partial charge in [0, 0.05) is 75.5 Å². The fraction of sp³-hybridized carbons (Fsp3) is 0.302. The van der Waals surface area contributed by atoms with Crippen LogP contribution in [0.25, 0.3) is 54.6 Å². The molecule has 0 aliphatic carbocycles. The van der Waals surface area contributed by atoms with Crippen LogP contribution >= 0.6 is 0 Å². The first-order valence-corrected chi connectivity index (χ1v) is 17.3. The van der Waals surface area contributed by atoms with Gasteiger partial charge in [-0.15, -0.1) is 59.3 Å². The molecule has 4 aromatic heterocycles. The number of hydrogen-bond donors (Lipinski definition) is 0. The molecule has 4 nitrogen and oxygen atoms in total. The van der Waals surface area contributed by atoms with Crippen molar-refractivity contribution in [2.24, 2.45) is 0 Å². The zero-order chi connectivity index (χ0) is 33.6. The maximum absolute atomic E-state index is 4.62. The van der Waals surface area contributed by atoms with Crippen LogP contribution in [-0.4, -0.2) is 18.8 Å². The first kappa shape index (κ1) is 41.8. The van der Waals surface area contributed by atoms with Crippen LogP contribution in [0, 0.1) is 19.1 Å². The van der Waals surface area contributed by atoms with E-state index in [0.29, 0.717) is 0 Å². The normalized spacial score (nSPS) is 10.1. The maximum atomic E-state index is 4.62. The second-order valence-corrected chi connectivity index (χ2v) is 11.6. The summed E-state index contributed by atoms with van der Waals surface area (Å²) >= 11 is 0. The minimum absolute atomic E-state index is 0. The Hall–Kier alpha value is -3.40. The summed E-state index contributed by atoms with van der Waals surface area (Å²) in [4.78, 5) is 9.05. The summed E-state index contributed by atoms with van der Waals surface area (Å²) in [5, 5.41) is 7.08. The third-order valence-corrected chi connectivity index (χ3v) is 8.03. The maximum Gasteiger partial charge on any atom is 0.0611 e. The van der Waals surface area contributed by atoms with Gasteiger partial charge in [0.15, 0.2) is 0 Å². The molecule has 0 atom stereocenters. The molecule has 4 heterocycles. The van der Waals surface area contributed by atoms with Gasteiger partial charge in [0.2, 0.25) is 0 Å². The fourth-order valence-corrected chi connectivity index (χ4v) is 5.06. The molecule has 262 valence electrons. The van der Waals surface area contributed by atoms with Crippen LogP contribution in [0.2, 0.25) is 0 Å². The second kappa shape index (κ2) is 21.6. The Bertz CT molecular complexity index is 1990. The molecule has 0 unspecified atom stereocenters. The van der Waals surface area contributed by atoms with Gasteiger partial charge in [-0.2, -0.15) is 0 Å². The molecular formula is C43H50Ir2N4-2. The van der Waals surface area contributed by atoms with Gasteiger partial charge in [-0.3, -0.25) is 9.97 Å². The van der Waals surface area contributed by atoms with Crippen LogP contribution in [0.3, 0.4) is 0 Å². The topological polar surface area (TPSA) is 34.6 Å². The first-order valence-electron chi connectivity index (χ1n) is 17.3. The average molecular weight is 1010 g/mol. The molecule has 49 heavy (non-hydrogen) atoms. The largest absolute Gasteiger partial charge is 0.340 e. The summed E-state index contributed by atoms with van der Waals surface area (Å²) in [6, 6.07) is 35.6. The molecular weight excluding hydrogens is 957 g/mol. The number of aryl methyl sites for hydroxylation is 1. The van der Waals surface area contributed by atoms with E-state index in [1.807, 2.05) is 43.6 Å². The van der Waals surface area contributed by atoms with Crippen LogP contribution in [0.15, 0.2) is 104 Å². The summed E-state index contributed by atoms with van der Waals surface area (Å²) in [5.41, 5.74) is 5.37. The number of benzene rings is 4. The zero-order valence-corrected chi connectivity index (χ0v) is 34.8. The van der Waals surface area contributed by atoms with Crippen molar-refractivity contribution in [1.82, 2.24) is 18.8 Å². The summed E-state index contributed by atoms with van der Waals surface area (Å²) in [7, 11) is 0. The molecule has 0 aliphatic rings. The van der Waals surface area contributed by atoms with Gasteiger partial charge in [-0.25, -0.2) is 0 Å². The molecule has 2 radical (unpaired) electrons. The number of rotatable bonds is 3. The van der Waals surface area contributed by atoms with Crippen molar-refractivity contribution in [3.63, 3.8) is 0 Å². The minimum Gasteiger partial charge on any atom is -0.340 e. The molecule has 0 saturated carbocycles. The van der Waals surface area contributed by atoms with Gasteiger partial charge in [0.25, 0.3) is 0 Å². The van der Waals surface area contributed by atoms with E-state index in [9.17, 15) is 0 Å². The Balaban J connectivity index is 0.000000250. The Kier molecular flexibility index (Phi) is 18.4. The molecule has 0 saturated heterocycles. The molecule has 8 rings (SSSR count). The van der Waals surface area contributed by atoms with Gasteiger partial charge < -0.3 is 8.80 Å². The van der Waals surface area contributed by atoms with Gasteiger partial charge >= 0.3 is 0 Å². The van der Waals surface area contributed by atoms with Gasteiger partial charge in [0.05, 0.1) is 11.3 Å². The van der Waals surface area contributed by atoms with Crippen molar-refractivity contribution in [2.45, 2.75) is 87.0 Å². The van der Waals surface area contributed by atoms with Crippen molar-refractivity contribution in [3.05, 3.63) is 121 Å². The fourth-order valence-electron chi connectivity index (χ4n) is 5.06. The van der Waals surface area contributed by atoms with Crippen molar-refractivity contribution >= 4 is 54.6 Å². The number of nitrogens with zero attached hydrogens (tertiary/aromatic N) is 4. The van der Waals surface area contributed by atoms with Crippen molar-refractivity contribution in [3.8, 4) is 0 Å². The SMILES string of the molecule is CCCC.CCCC.CCCC.Cc1cn2c3ccccc3c3ccc[c-]c3c2n1.[Ir].[Ir].[c-]1cccc2c1c1nccn1c1ccccc21. The monoisotopic (exact) mass is 1010 g/mol. The van der Waals surface area contributed by atoms with E-state index in [2.05, 4.69) is 139 Å². The van der Waals surface area contributed by atoms with E-state index < -0.39 is 0 Å². The van der Waals surface area contributed by atoms with Gasteiger partial charge in [0.1, 0.15) is 0 Å². The summed E-state index contributed by atoms with van der Waals surface area (Å²) in [5.74, 6) is 0. The first-order chi connectivity index (χ1) is 23.0. The number of fused-ring (bicyclic) bond motifs is 12. The molecule has 0 amide bonds. The molecule has 6 heteroatoms. The average Bonchev–Trinajstić information content (AvgIpc) is 3.80. The van der Waals surface area contributed by atoms with E-state index in [0.717, 1.165) is 27.8 Å². The molecule has 0 bridgehead atoms. The summed E-state index contributed by atoms with van der Waals surface area (Å²) < 4.78 is 4.28. The Morgan fingerprint density at radius 3 is 1.45 bits per heavy atom. The number of aromatic nitrogens is 4. The molecule has 8 aromatic rings. The number of hydrogen-bond acceptors (Lipinski definition) is 2. The molecule has 0 N–H and O–H groups in total. The Labute approximate surface area is 320 Å². The smallest absolute Gasteiger partial charge is 0.0611 e. The minimum atomic E-state index is 0. The Morgan fingerprint density at radius 1 is 0.531 bits per heavy atom. The Morgan fingerprint density at radius 2 is 0.959 bits per heavy atom. The molecule has 0 spiro atoms. The van der Waals surface area contributed by atoms with E-state index in [1.165, 1.54) is 71.1 Å². The molecule has 4 aromatic carbocycles. The van der Waals surface area contributed by atoms with Gasteiger partial charge in [-0.1, -0.05) is 127 Å². The molecule has 0 aliphatic heterocycles. The predicted molar refractivity (Wildman–Crippen MR) is 205 cm³/mol. The number of pyridine rings is 2. The van der Waals surface area contributed by atoms with Crippen LogP contribution in [0.1, 0.15) is 85.8 Å². The van der Waals surface area contributed by atoms with Crippen molar-refractivity contribution < 1.29 is 40.2 Å². The summed E-state index contributed by atoms with van der Waals surface area (Å²) in [6.07, 6.45) is 13.8. The van der Waals surface area contributed by atoms with Crippen LogP contribution < -0.4 is 0 Å². The van der Waals surface area contributed by atoms with Crippen molar-refractivity contribution in [2.75, 3.05) is 0 Å². The zero-order valence-electron chi connectivity index (χ0n) is 30.0. The second-order valence-electron chi connectivity index (χ2n) is 11.6. The van der Waals surface area contributed by atoms with Crippen LogP contribution in [0.5, 0.6) is 0 Å². The molecule has 0 fully saturated rings. The van der Waals surface area contributed by atoms with E-state index in [1.54, 1.807) is 0 Å². The van der Waals surface area contributed by atoms with Crippen molar-refractivity contribution in [1.29, 1.82) is 0 Å². The number of para-hydroxylation sites is 2. The van der Waals surface area contributed by atoms with Crippen LogP contribution in [-0.2, 0) is 40.2 Å². The van der Waals surface area contributed by atoms with E-state index in [-0.39, 0.29) is 40.2 Å². The van der Waals surface area contributed by atoms with Crippen LogP contribution in [0.4, 0.5) is 0 Å².